The van der Waals surface area contributed by atoms with E-state index in [-0.39, 0.29) is 5.78 Å². The highest BCUT2D eigenvalue weighted by atomic mass is 32.2. The number of rotatable bonds is 12. The Morgan fingerprint density at radius 2 is 1.77 bits per heavy atom. The number of aromatic nitrogens is 2. The van der Waals surface area contributed by atoms with Gasteiger partial charge in [-0.25, -0.2) is 4.98 Å². The van der Waals surface area contributed by atoms with Crippen molar-refractivity contribution in [1.82, 2.24) is 14.3 Å². The van der Waals surface area contributed by atoms with Crippen LogP contribution in [0.15, 0.2) is 63.5 Å². The fraction of sp³-hybridized carbons (Fsp3) is 0.424. The zero-order chi connectivity index (χ0) is 28.5. The van der Waals surface area contributed by atoms with E-state index in [2.05, 4.69) is 98.3 Å². The quantitative estimate of drug-likeness (QED) is 0.108. The normalized spacial score (nSPS) is 12.5. The molecule has 6 heteroatoms. The Hall–Kier alpha value is -3.12. The predicted molar refractivity (Wildman–Crippen MR) is 167 cm³/mol. The Labute approximate surface area is 239 Å². The van der Waals surface area contributed by atoms with Crippen LogP contribution in [0.3, 0.4) is 0 Å². The van der Waals surface area contributed by atoms with Gasteiger partial charge in [0.05, 0.1) is 5.69 Å². The SMILES string of the molecule is CCC/C(C)=C(/C)C(=NC)NSc1ccccc1-c1ccc(Cn2c(CCC)nc(CC)c2C(C)=O)cc1C. The molecule has 0 aliphatic carbocycles. The number of aliphatic imine (C=N–C) groups is 1. The molecule has 0 aliphatic heterocycles. The fourth-order valence-corrected chi connectivity index (χ4v) is 5.91. The van der Waals surface area contributed by atoms with Crippen LogP contribution in [0.2, 0.25) is 0 Å². The predicted octanol–water partition coefficient (Wildman–Crippen LogP) is 8.39. The number of nitrogens with zero attached hydrogens (tertiary/aromatic N) is 3. The third kappa shape index (κ3) is 7.30. The third-order valence-corrected chi connectivity index (χ3v) is 8.04. The molecule has 39 heavy (non-hydrogen) atoms. The van der Waals surface area contributed by atoms with Gasteiger partial charge >= 0.3 is 0 Å². The van der Waals surface area contributed by atoms with Crippen molar-refractivity contribution in [3.8, 4) is 11.1 Å². The lowest BCUT2D eigenvalue weighted by molar-refractivity contribution is 0.100. The van der Waals surface area contributed by atoms with Crippen molar-refractivity contribution in [2.75, 3.05) is 7.05 Å². The number of imidazole rings is 1. The minimum absolute atomic E-state index is 0.0819. The first-order valence-electron chi connectivity index (χ1n) is 14.1. The number of Topliss-reactive ketones (excluding diaryl/α,β-unsaturated/α-hetero) is 1. The Bertz CT molecular complexity index is 1370. The molecule has 2 aromatic carbocycles. The Morgan fingerprint density at radius 1 is 1.03 bits per heavy atom. The second-order valence-corrected chi connectivity index (χ2v) is 11.0. The topological polar surface area (TPSA) is 59.3 Å². The average Bonchev–Trinajstić information content (AvgIpc) is 3.26. The van der Waals surface area contributed by atoms with Gasteiger partial charge in [-0.3, -0.25) is 9.79 Å². The van der Waals surface area contributed by atoms with Gasteiger partial charge in [0, 0.05) is 31.8 Å². The summed E-state index contributed by atoms with van der Waals surface area (Å²) in [5.41, 5.74) is 9.00. The third-order valence-electron chi connectivity index (χ3n) is 7.17. The van der Waals surface area contributed by atoms with E-state index in [4.69, 9.17) is 4.98 Å². The van der Waals surface area contributed by atoms with Crippen LogP contribution in [0.25, 0.3) is 11.1 Å². The zero-order valence-corrected chi connectivity index (χ0v) is 25.8. The van der Waals surface area contributed by atoms with Gasteiger partial charge in [0.2, 0.25) is 0 Å². The Morgan fingerprint density at radius 3 is 2.38 bits per heavy atom. The van der Waals surface area contributed by atoms with Gasteiger partial charge in [0.25, 0.3) is 0 Å². The van der Waals surface area contributed by atoms with E-state index in [1.165, 1.54) is 33.4 Å². The van der Waals surface area contributed by atoms with Crippen LogP contribution < -0.4 is 4.72 Å². The second kappa shape index (κ2) is 14.3. The maximum atomic E-state index is 12.6. The number of hydrogen-bond donors (Lipinski definition) is 1. The van der Waals surface area contributed by atoms with E-state index in [1.807, 2.05) is 7.05 Å². The monoisotopic (exact) mass is 544 g/mol. The van der Waals surface area contributed by atoms with Gasteiger partial charge in [0.15, 0.2) is 5.78 Å². The van der Waals surface area contributed by atoms with Crippen molar-refractivity contribution >= 4 is 23.6 Å². The highest BCUT2D eigenvalue weighted by Crippen LogP contribution is 2.33. The molecule has 0 aliphatic rings. The first-order chi connectivity index (χ1) is 18.7. The van der Waals surface area contributed by atoms with Gasteiger partial charge in [-0.1, -0.05) is 69.2 Å². The molecule has 0 saturated heterocycles. The number of amidine groups is 1. The highest BCUT2D eigenvalue weighted by molar-refractivity contribution is 7.98. The van der Waals surface area contributed by atoms with Crippen LogP contribution in [-0.4, -0.2) is 28.2 Å². The van der Waals surface area contributed by atoms with Crippen LogP contribution in [0.5, 0.6) is 0 Å². The Kier molecular flexibility index (Phi) is 11.2. The first-order valence-corrected chi connectivity index (χ1v) is 14.9. The summed E-state index contributed by atoms with van der Waals surface area (Å²) < 4.78 is 5.64. The molecule has 0 bridgehead atoms. The summed E-state index contributed by atoms with van der Waals surface area (Å²) in [5, 5.41) is 0. The van der Waals surface area contributed by atoms with Crippen molar-refractivity contribution in [2.24, 2.45) is 4.99 Å². The summed E-state index contributed by atoms with van der Waals surface area (Å²) in [5.74, 6) is 2.00. The standard InChI is InChI=1S/C33H44N4OS/c1-9-14-22(4)24(6)33(34-8)36-39-30-17-13-12-16-28(30)27-19-18-26(20-23(27)5)21-37-31(15-10-2)35-29(11-3)32(37)25(7)38/h12-13,16-20H,9-11,14-15,21H2,1-8H3,(H,34,36)/b24-22-. The number of hydrogen-bond acceptors (Lipinski definition) is 4. The first kappa shape index (κ1) is 30.4. The van der Waals surface area contributed by atoms with Crippen LogP contribution in [-0.2, 0) is 19.4 Å². The molecule has 0 spiro atoms. The van der Waals surface area contributed by atoms with Crippen LogP contribution >= 0.6 is 11.9 Å². The number of nitrogens with one attached hydrogen (secondary N) is 1. The molecule has 3 rings (SSSR count). The molecule has 5 nitrogen and oxygen atoms in total. The lowest BCUT2D eigenvalue weighted by Crippen LogP contribution is -2.18. The van der Waals surface area contributed by atoms with Crippen molar-refractivity contribution < 1.29 is 4.79 Å². The highest BCUT2D eigenvalue weighted by Gasteiger charge is 2.19. The molecule has 0 fully saturated rings. The van der Waals surface area contributed by atoms with Crippen LogP contribution in [0, 0.1) is 6.92 Å². The zero-order valence-electron chi connectivity index (χ0n) is 24.9. The largest absolute Gasteiger partial charge is 0.321 e. The molecule has 0 amide bonds. The molecule has 3 aromatic rings. The van der Waals surface area contributed by atoms with Gasteiger partial charge in [-0.15, -0.1) is 0 Å². The molecule has 208 valence electrons. The molecular weight excluding hydrogens is 500 g/mol. The molecule has 0 unspecified atom stereocenters. The molecule has 0 radical (unpaired) electrons. The summed E-state index contributed by atoms with van der Waals surface area (Å²) >= 11 is 1.61. The van der Waals surface area contributed by atoms with Crippen molar-refractivity contribution in [3.63, 3.8) is 0 Å². The van der Waals surface area contributed by atoms with Gasteiger partial charge in [-0.05, 0) is 85.9 Å². The van der Waals surface area contributed by atoms with E-state index < -0.39 is 0 Å². The van der Waals surface area contributed by atoms with E-state index in [0.717, 1.165) is 60.0 Å². The maximum absolute atomic E-state index is 12.6. The Balaban J connectivity index is 1.90. The van der Waals surface area contributed by atoms with Crippen LogP contribution in [0.1, 0.15) is 93.9 Å². The lowest BCUT2D eigenvalue weighted by atomic mass is 9.98. The molecule has 1 heterocycles. The molecule has 1 N–H and O–H groups in total. The molecule has 0 atom stereocenters. The van der Waals surface area contributed by atoms with Gasteiger partial charge in [-0.2, -0.15) is 0 Å². The number of allylic oxidation sites excluding steroid dienone is 1. The fourth-order valence-electron chi connectivity index (χ4n) is 5.02. The summed E-state index contributed by atoms with van der Waals surface area (Å²) in [6.45, 7) is 15.2. The number of carbonyl (C=O) groups is 1. The number of carbonyl (C=O) groups excluding carboxylic acids is 1. The van der Waals surface area contributed by atoms with Gasteiger partial charge in [0.1, 0.15) is 17.4 Å². The van der Waals surface area contributed by atoms with E-state index in [1.54, 1.807) is 18.9 Å². The summed E-state index contributed by atoms with van der Waals surface area (Å²) in [6.07, 6.45) is 4.82. The lowest BCUT2D eigenvalue weighted by Gasteiger charge is -2.16. The summed E-state index contributed by atoms with van der Waals surface area (Å²) in [7, 11) is 1.84. The van der Waals surface area contributed by atoms with E-state index >= 15 is 0 Å². The molecular formula is C33H44N4OS. The van der Waals surface area contributed by atoms with E-state index in [0.29, 0.717) is 6.54 Å². The smallest absolute Gasteiger partial charge is 0.178 e. The van der Waals surface area contributed by atoms with Gasteiger partial charge < -0.3 is 9.29 Å². The second-order valence-electron chi connectivity index (χ2n) is 10.1. The number of ketones is 1. The van der Waals surface area contributed by atoms with Crippen molar-refractivity contribution in [1.29, 1.82) is 0 Å². The minimum Gasteiger partial charge on any atom is -0.321 e. The van der Waals surface area contributed by atoms with Crippen molar-refractivity contribution in [3.05, 3.63) is 81.9 Å². The summed E-state index contributed by atoms with van der Waals surface area (Å²) in [4.78, 5) is 23.1. The van der Waals surface area contributed by atoms with Crippen LogP contribution in [0.4, 0.5) is 0 Å². The number of benzene rings is 2. The van der Waals surface area contributed by atoms with Crippen molar-refractivity contribution in [2.45, 2.75) is 92.0 Å². The maximum Gasteiger partial charge on any atom is 0.178 e. The molecule has 0 saturated carbocycles. The average molecular weight is 545 g/mol. The minimum atomic E-state index is 0.0819. The molecule has 1 aromatic heterocycles. The summed E-state index contributed by atoms with van der Waals surface area (Å²) in [6, 6.07) is 15.1. The van der Waals surface area contributed by atoms with E-state index in [9.17, 15) is 4.79 Å². The number of aryl methyl sites for hydroxylation is 3.